The maximum atomic E-state index is 12.5. The minimum atomic E-state index is -4.42. The van der Waals surface area contributed by atoms with E-state index >= 15 is 0 Å². The summed E-state index contributed by atoms with van der Waals surface area (Å²) in [6.07, 6.45) is -3.17. The van der Waals surface area contributed by atoms with Crippen molar-refractivity contribution in [1.82, 2.24) is 9.78 Å². The van der Waals surface area contributed by atoms with Gasteiger partial charge in [-0.2, -0.15) is 18.3 Å². The first-order chi connectivity index (χ1) is 12.3. The van der Waals surface area contributed by atoms with Crippen molar-refractivity contribution in [2.45, 2.75) is 19.1 Å². The number of aryl methyl sites for hydroxylation is 1. The molecule has 1 amide bonds. The van der Waals surface area contributed by atoms with E-state index in [1.54, 1.807) is 28.9 Å². The molecular weight excluding hydrogens is 347 g/mol. The second kappa shape index (κ2) is 6.99. The predicted octanol–water partition coefficient (Wildman–Crippen LogP) is 3.44. The number of carbonyl (C=O) groups is 1. The van der Waals surface area contributed by atoms with Crippen molar-refractivity contribution in [3.63, 3.8) is 0 Å². The van der Waals surface area contributed by atoms with Crippen LogP contribution in [0, 0.1) is 0 Å². The van der Waals surface area contributed by atoms with Gasteiger partial charge < -0.3 is 5.32 Å². The zero-order chi connectivity index (χ0) is 18.7. The van der Waals surface area contributed by atoms with Crippen LogP contribution >= 0.6 is 0 Å². The average molecular weight is 361 g/mol. The molecule has 0 fully saturated rings. The molecule has 0 spiro atoms. The van der Waals surface area contributed by atoms with E-state index in [4.69, 9.17) is 0 Å². The molecule has 0 aliphatic heterocycles. The number of rotatable bonds is 4. The number of fused-ring (bicyclic) bond motifs is 1. The molecule has 0 saturated heterocycles. The maximum Gasteiger partial charge on any atom is 0.416 e. The first-order valence-electron chi connectivity index (χ1n) is 7.76. The fourth-order valence-electron chi connectivity index (χ4n) is 2.51. The highest BCUT2D eigenvalue weighted by Crippen LogP contribution is 2.29. The summed E-state index contributed by atoms with van der Waals surface area (Å²) in [5.41, 5.74) is -0.0893. The SMILES string of the molecule is O=C(CCn1ncc(=O)c2ccccc21)Nc1ccc(C(F)(F)F)cc1. The number of para-hydroxylation sites is 1. The second-order valence-corrected chi connectivity index (χ2v) is 5.62. The molecule has 3 rings (SSSR count). The quantitative estimate of drug-likeness (QED) is 0.774. The molecule has 0 aliphatic rings. The fraction of sp³-hybridized carbons (Fsp3) is 0.167. The van der Waals surface area contributed by atoms with E-state index in [1.807, 2.05) is 0 Å². The number of carbonyl (C=O) groups excluding carboxylic acids is 1. The Morgan fingerprint density at radius 2 is 1.77 bits per heavy atom. The minimum Gasteiger partial charge on any atom is -0.326 e. The summed E-state index contributed by atoms with van der Waals surface area (Å²) >= 11 is 0. The third-order valence-electron chi connectivity index (χ3n) is 3.81. The van der Waals surface area contributed by atoms with Gasteiger partial charge in [0.2, 0.25) is 11.3 Å². The van der Waals surface area contributed by atoms with Crippen LogP contribution in [0.5, 0.6) is 0 Å². The largest absolute Gasteiger partial charge is 0.416 e. The number of nitrogens with one attached hydrogen (secondary N) is 1. The monoisotopic (exact) mass is 361 g/mol. The van der Waals surface area contributed by atoms with Gasteiger partial charge in [-0.15, -0.1) is 0 Å². The van der Waals surface area contributed by atoms with Gasteiger partial charge in [0, 0.05) is 17.5 Å². The molecule has 0 bridgehead atoms. The summed E-state index contributed by atoms with van der Waals surface area (Å²) in [6, 6.07) is 11.1. The molecule has 0 saturated carbocycles. The molecule has 0 unspecified atom stereocenters. The van der Waals surface area contributed by atoms with Gasteiger partial charge in [0.05, 0.1) is 23.8 Å². The third-order valence-corrected chi connectivity index (χ3v) is 3.81. The third kappa shape index (κ3) is 3.90. The summed E-state index contributed by atoms with van der Waals surface area (Å²) in [7, 11) is 0. The van der Waals surface area contributed by atoms with Crippen molar-refractivity contribution in [1.29, 1.82) is 0 Å². The van der Waals surface area contributed by atoms with Gasteiger partial charge in [0.15, 0.2) is 0 Å². The zero-order valence-electron chi connectivity index (χ0n) is 13.5. The molecule has 2 aromatic carbocycles. The Morgan fingerprint density at radius 3 is 2.46 bits per heavy atom. The zero-order valence-corrected chi connectivity index (χ0v) is 13.5. The lowest BCUT2D eigenvalue weighted by atomic mass is 10.2. The van der Waals surface area contributed by atoms with Crippen molar-refractivity contribution < 1.29 is 18.0 Å². The van der Waals surface area contributed by atoms with E-state index in [9.17, 15) is 22.8 Å². The molecular formula is C18H14F3N3O2. The van der Waals surface area contributed by atoms with Crippen LogP contribution in [-0.2, 0) is 17.5 Å². The van der Waals surface area contributed by atoms with Crippen molar-refractivity contribution in [2.75, 3.05) is 5.32 Å². The summed E-state index contributed by atoms with van der Waals surface area (Å²) in [5, 5.41) is 7.07. The predicted molar refractivity (Wildman–Crippen MR) is 90.7 cm³/mol. The van der Waals surface area contributed by atoms with Crippen molar-refractivity contribution in [3.05, 3.63) is 70.5 Å². The van der Waals surface area contributed by atoms with E-state index < -0.39 is 11.7 Å². The number of hydrogen-bond acceptors (Lipinski definition) is 3. The first kappa shape index (κ1) is 17.7. The lowest BCUT2D eigenvalue weighted by Gasteiger charge is -2.10. The smallest absolute Gasteiger partial charge is 0.326 e. The van der Waals surface area contributed by atoms with Crippen molar-refractivity contribution in [3.8, 4) is 0 Å². The first-order valence-corrected chi connectivity index (χ1v) is 7.76. The highest BCUT2D eigenvalue weighted by Gasteiger charge is 2.29. The van der Waals surface area contributed by atoms with Gasteiger partial charge in [0.1, 0.15) is 0 Å². The fourth-order valence-corrected chi connectivity index (χ4v) is 2.51. The number of anilines is 1. The summed E-state index contributed by atoms with van der Waals surface area (Å²) in [6.45, 7) is 0.229. The van der Waals surface area contributed by atoms with E-state index in [1.165, 1.54) is 18.3 Å². The van der Waals surface area contributed by atoms with Crippen LogP contribution < -0.4 is 10.7 Å². The Bertz CT molecular complexity index is 995. The summed E-state index contributed by atoms with van der Waals surface area (Å²) in [5.74, 6) is -0.366. The van der Waals surface area contributed by atoms with Crippen LogP contribution in [0.1, 0.15) is 12.0 Å². The molecule has 8 heteroatoms. The van der Waals surface area contributed by atoms with Gasteiger partial charge in [-0.25, -0.2) is 0 Å². The maximum absolute atomic E-state index is 12.5. The standard InChI is InChI=1S/C18H14F3N3O2/c19-18(20,21)12-5-7-13(8-6-12)23-17(26)9-10-24-15-4-2-1-3-14(15)16(25)11-22-24/h1-8,11H,9-10H2,(H,23,26). The van der Waals surface area contributed by atoms with Crippen molar-refractivity contribution >= 4 is 22.5 Å². The van der Waals surface area contributed by atoms with Crippen LogP contribution in [0.25, 0.3) is 10.9 Å². The molecule has 134 valence electrons. The highest BCUT2D eigenvalue weighted by molar-refractivity contribution is 5.90. The van der Waals surface area contributed by atoms with E-state index in [-0.39, 0.29) is 30.0 Å². The minimum absolute atomic E-state index is 0.0564. The number of aromatic nitrogens is 2. The van der Waals surface area contributed by atoms with Crippen LogP contribution in [0.2, 0.25) is 0 Å². The molecule has 5 nitrogen and oxygen atoms in total. The number of amides is 1. The van der Waals surface area contributed by atoms with Crippen LogP contribution in [0.4, 0.5) is 18.9 Å². The number of halogens is 3. The lowest BCUT2D eigenvalue weighted by molar-refractivity contribution is -0.137. The molecule has 1 heterocycles. The second-order valence-electron chi connectivity index (χ2n) is 5.62. The Balaban J connectivity index is 1.66. The van der Waals surface area contributed by atoms with E-state index in [2.05, 4.69) is 10.4 Å². The van der Waals surface area contributed by atoms with E-state index in [0.717, 1.165) is 12.1 Å². The molecule has 26 heavy (non-hydrogen) atoms. The molecule has 0 atom stereocenters. The Labute approximate surface area is 146 Å². The number of nitrogens with zero attached hydrogens (tertiary/aromatic N) is 2. The van der Waals surface area contributed by atoms with Gasteiger partial charge in [0.25, 0.3) is 0 Å². The molecule has 3 aromatic rings. The summed E-state index contributed by atoms with van der Waals surface area (Å²) in [4.78, 5) is 23.8. The lowest BCUT2D eigenvalue weighted by Crippen LogP contribution is -2.18. The number of alkyl halides is 3. The van der Waals surface area contributed by atoms with E-state index in [0.29, 0.717) is 10.9 Å². The molecule has 0 aliphatic carbocycles. The van der Waals surface area contributed by atoms with Crippen LogP contribution in [0.3, 0.4) is 0 Å². The topological polar surface area (TPSA) is 64.0 Å². The molecule has 1 N–H and O–H groups in total. The molecule has 1 aromatic heterocycles. The van der Waals surface area contributed by atoms with Crippen molar-refractivity contribution in [2.24, 2.45) is 0 Å². The van der Waals surface area contributed by atoms with Gasteiger partial charge in [-0.3, -0.25) is 14.3 Å². The Hall–Kier alpha value is -3.16. The van der Waals surface area contributed by atoms with Crippen LogP contribution in [-0.4, -0.2) is 15.7 Å². The molecule has 0 radical (unpaired) electrons. The highest BCUT2D eigenvalue weighted by atomic mass is 19.4. The average Bonchev–Trinajstić information content (AvgIpc) is 2.61. The van der Waals surface area contributed by atoms with Gasteiger partial charge in [-0.05, 0) is 36.4 Å². The van der Waals surface area contributed by atoms with Gasteiger partial charge >= 0.3 is 6.18 Å². The number of hydrogen-bond donors (Lipinski definition) is 1. The van der Waals surface area contributed by atoms with Gasteiger partial charge in [-0.1, -0.05) is 12.1 Å². The summed E-state index contributed by atoms with van der Waals surface area (Å²) < 4.78 is 39.1. The van der Waals surface area contributed by atoms with Crippen LogP contribution in [0.15, 0.2) is 59.5 Å². The Morgan fingerprint density at radius 1 is 1.08 bits per heavy atom. The normalized spacial score (nSPS) is 11.5. The number of benzene rings is 2. The Kier molecular flexibility index (Phi) is 4.75.